The molecule has 0 saturated carbocycles. The first kappa shape index (κ1) is 17.6. The number of allylic oxidation sites excluding steroid dienone is 1. The second kappa shape index (κ2) is 7.23. The van der Waals surface area contributed by atoms with Gasteiger partial charge in [0.25, 0.3) is 0 Å². The number of hydrogen-bond donors (Lipinski definition) is 0. The van der Waals surface area contributed by atoms with E-state index in [9.17, 15) is 17.2 Å². The van der Waals surface area contributed by atoms with Crippen molar-refractivity contribution in [1.82, 2.24) is 0 Å². The Hall–Kier alpha value is -1.72. The van der Waals surface area contributed by atoms with Gasteiger partial charge in [-0.25, -0.2) is 17.2 Å². The van der Waals surface area contributed by atoms with Gasteiger partial charge in [0, 0.05) is 10.6 Å². The second-order valence-electron chi connectivity index (χ2n) is 5.02. The Bertz CT molecular complexity index is 802. The van der Waals surface area contributed by atoms with E-state index in [1.54, 1.807) is 6.08 Å². The van der Waals surface area contributed by atoms with Crippen LogP contribution in [0.4, 0.5) is 8.78 Å². The largest absolute Gasteiger partial charge is 0.223 e. The summed E-state index contributed by atoms with van der Waals surface area (Å²) in [5.41, 5.74) is -0.179. The van der Waals surface area contributed by atoms with E-state index in [-0.39, 0.29) is 16.9 Å². The molecule has 0 aromatic heterocycles. The molecule has 0 amide bonds. The first-order valence-electron chi connectivity index (χ1n) is 6.91. The van der Waals surface area contributed by atoms with Crippen molar-refractivity contribution in [2.75, 3.05) is 0 Å². The quantitative estimate of drug-likeness (QED) is 0.675. The zero-order chi connectivity index (χ0) is 17.0. The molecule has 6 heteroatoms. The normalized spacial score (nSPS) is 12.8. The molecule has 2 rings (SSSR count). The zero-order valence-corrected chi connectivity index (χ0v) is 13.7. The maximum absolute atomic E-state index is 14.1. The molecule has 1 atom stereocenters. The summed E-state index contributed by atoms with van der Waals surface area (Å²) in [7, 11) is -3.90. The van der Waals surface area contributed by atoms with Gasteiger partial charge in [-0.15, -0.1) is 6.58 Å². The predicted octanol–water partition coefficient (Wildman–Crippen LogP) is 5.10. The Balaban J connectivity index is 2.55. The van der Waals surface area contributed by atoms with Crippen LogP contribution in [0.15, 0.2) is 60.0 Å². The molecule has 0 heterocycles. The Kier molecular flexibility index (Phi) is 5.55. The van der Waals surface area contributed by atoms with Crippen LogP contribution in [0.1, 0.15) is 23.7 Å². The number of sulfone groups is 1. The number of benzene rings is 2. The SMILES string of the molecule is C=CCCC(c1cc(F)ccc1F)S(=O)(=O)c1ccc(Cl)cc1. The average molecular weight is 357 g/mol. The molecule has 2 nitrogen and oxygen atoms in total. The fourth-order valence-corrected chi connectivity index (χ4v) is 4.23. The summed E-state index contributed by atoms with van der Waals surface area (Å²) in [4.78, 5) is 0.0135. The lowest BCUT2D eigenvalue weighted by Gasteiger charge is -2.18. The van der Waals surface area contributed by atoms with E-state index in [4.69, 9.17) is 11.6 Å². The molecule has 0 saturated heterocycles. The van der Waals surface area contributed by atoms with E-state index in [2.05, 4.69) is 6.58 Å². The molecule has 0 bridgehead atoms. The van der Waals surface area contributed by atoms with Crippen LogP contribution in [-0.4, -0.2) is 8.42 Å². The summed E-state index contributed by atoms with van der Waals surface area (Å²) in [5, 5.41) is -0.805. The highest BCUT2D eigenvalue weighted by atomic mass is 35.5. The molecule has 2 aromatic rings. The lowest BCUT2D eigenvalue weighted by molar-refractivity contribution is 0.552. The average Bonchev–Trinajstić information content (AvgIpc) is 2.51. The minimum atomic E-state index is -3.90. The Labute approximate surface area is 139 Å². The summed E-state index contributed by atoms with van der Waals surface area (Å²) in [6, 6.07) is 8.42. The van der Waals surface area contributed by atoms with Gasteiger partial charge in [-0.1, -0.05) is 17.7 Å². The maximum Gasteiger partial charge on any atom is 0.185 e. The van der Waals surface area contributed by atoms with Gasteiger partial charge >= 0.3 is 0 Å². The van der Waals surface area contributed by atoms with Gasteiger partial charge < -0.3 is 0 Å². The van der Waals surface area contributed by atoms with Crippen molar-refractivity contribution < 1.29 is 17.2 Å². The van der Waals surface area contributed by atoms with Crippen LogP contribution in [0.3, 0.4) is 0 Å². The number of hydrogen-bond acceptors (Lipinski definition) is 2. The lowest BCUT2D eigenvalue weighted by Crippen LogP contribution is -2.15. The minimum absolute atomic E-state index is 0.0135. The topological polar surface area (TPSA) is 34.1 Å². The minimum Gasteiger partial charge on any atom is -0.223 e. The van der Waals surface area contributed by atoms with Gasteiger partial charge in [0.1, 0.15) is 11.6 Å². The van der Waals surface area contributed by atoms with E-state index in [0.29, 0.717) is 11.4 Å². The molecule has 0 N–H and O–H groups in total. The van der Waals surface area contributed by atoms with Crippen molar-refractivity contribution >= 4 is 21.4 Å². The molecule has 0 spiro atoms. The van der Waals surface area contributed by atoms with Crippen LogP contribution in [0, 0.1) is 11.6 Å². The van der Waals surface area contributed by atoms with E-state index >= 15 is 0 Å². The molecule has 0 aliphatic rings. The van der Waals surface area contributed by atoms with E-state index in [0.717, 1.165) is 18.2 Å². The van der Waals surface area contributed by atoms with E-state index in [1.807, 2.05) is 0 Å². The van der Waals surface area contributed by atoms with Crippen molar-refractivity contribution in [3.63, 3.8) is 0 Å². The Morgan fingerprint density at radius 1 is 1.13 bits per heavy atom. The molecule has 0 fully saturated rings. The molecule has 0 aliphatic heterocycles. The van der Waals surface area contributed by atoms with Crippen LogP contribution in [-0.2, 0) is 9.84 Å². The second-order valence-corrected chi connectivity index (χ2v) is 7.59. The van der Waals surface area contributed by atoms with Gasteiger partial charge in [-0.05, 0) is 55.3 Å². The van der Waals surface area contributed by atoms with E-state index in [1.165, 1.54) is 24.3 Å². The molecule has 0 radical (unpaired) electrons. The third-order valence-electron chi connectivity index (χ3n) is 3.45. The number of rotatable bonds is 6. The highest BCUT2D eigenvalue weighted by Crippen LogP contribution is 2.35. The first-order valence-corrected chi connectivity index (χ1v) is 8.84. The third-order valence-corrected chi connectivity index (χ3v) is 5.87. The maximum atomic E-state index is 14.1. The fraction of sp³-hybridized carbons (Fsp3) is 0.176. The number of halogens is 3. The highest BCUT2D eigenvalue weighted by molar-refractivity contribution is 7.91. The Morgan fingerprint density at radius 3 is 2.39 bits per heavy atom. The summed E-state index contributed by atoms with van der Waals surface area (Å²) >= 11 is 5.77. The van der Waals surface area contributed by atoms with Crippen molar-refractivity contribution in [2.45, 2.75) is 23.0 Å². The van der Waals surface area contributed by atoms with Gasteiger partial charge in [0.15, 0.2) is 9.84 Å². The Morgan fingerprint density at radius 2 is 1.78 bits per heavy atom. The van der Waals surface area contributed by atoms with Gasteiger partial charge in [0.05, 0.1) is 10.1 Å². The van der Waals surface area contributed by atoms with Crippen LogP contribution in [0.25, 0.3) is 0 Å². The molecular formula is C17H15ClF2O2S. The van der Waals surface area contributed by atoms with Crippen LogP contribution in [0.2, 0.25) is 5.02 Å². The van der Waals surface area contributed by atoms with Crippen molar-refractivity contribution in [3.05, 3.63) is 77.3 Å². The third kappa shape index (κ3) is 3.98. The molecular weight excluding hydrogens is 342 g/mol. The highest BCUT2D eigenvalue weighted by Gasteiger charge is 2.31. The molecule has 23 heavy (non-hydrogen) atoms. The predicted molar refractivity (Wildman–Crippen MR) is 87.2 cm³/mol. The lowest BCUT2D eigenvalue weighted by atomic mass is 10.1. The van der Waals surface area contributed by atoms with Crippen molar-refractivity contribution in [2.24, 2.45) is 0 Å². The zero-order valence-electron chi connectivity index (χ0n) is 12.2. The van der Waals surface area contributed by atoms with Crippen molar-refractivity contribution in [1.29, 1.82) is 0 Å². The summed E-state index contributed by atoms with van der Waals surface area (Å²) in [5.74, 6) is -1.44. The summed E-state index contributed by atoms with van der Waals surface area (Å²) in [6.45, 7) is 3.55. The van der Waals surface area contributed by atoms with Crippen LogP contribution in [0.5, 0.6) is 0 Å². The fourth-order valence-electron chi connectivity index (χ4n) is 2.30. The van der Waals surface area contributed by atoms with Gasteiger partial charge in [0.2, 0.25) is 0 Å². The smallest absolute Gasteiger partial charge is 0.185 e. The summed E-state index contributed by atoms with van der Waals surface area (Å²) in [6.07, 6.45) is 2.00. The standard InChI is InChI=1S/C17H15ClF2O2S/c1-2-3-4-17(15-11-13(19)7-10-16(15)20)23(21,22)14-8-5-12(18)6-9-14/h2,5-11,17H,1,3-4H2. The van der Waals surface area contributed by atoms with E-state index < -0.39 is 26.7 Å². The first-order chi connectivity index (χ1) is 10.9. The van der Waals surface area contributed by atoms with Crippen molar-refractivity contribution in [3.8, 4) is 0 Å². The summed E-state index contributed by atoms with van der Waals surface area (Å²) < 4.78 is 53.2. The monoisotopic (exact) mass is 356 g/mol. The van der Waals surface area contributed by atoms with Gasteiger partial charge in [-0.2, -0.15) is 0 Å². The van der Waals surface area contributed by atoms with Crippen LogP contribution >= 0.6 is 11.6 Å². The molecule has 0 aliphatic carbocycles. The van der Waals surface area contributed by atoms with Crippen LogP contribution < -0.4 is 0 Å². The molecule has 2 aromatic carbocycles. The molecule has 1 unspecified atom stereocenters. The van der Waals surface area contributed by atoms with Gasteiger partial charge in [-0.3, -0.25) is 0 Å². The molecule has 122 valence electrons.